The number of amides is 1. The first-order valence-corrected chi connectivity index (χ1v) is 9.86. The number of carbonyl (C=O) groups is 1. The smallest absolute Gasteiger partial charge is 0.248 e. The average Bonchev–Trinajstić information content (AvgIpc) is 2.62. The molecule has 0 spiro atoms. The SMILES string of the molecule is CC1=C(/C=C/C(C)=C/C=C/C(C)=C/C(=O)Nc2ccc(O)cc2)C(C)(C)CC=C1. The number of carbonyl (C=O) groups excluding carboxylic acids is 1. The summed E-state index contributed by atoms with van der Waals surface area (Å²) in [6, 6.07) is 6.39. The van der Waals surface area contributed by atoms with Crippen LogP contribution in [0.1, 0.15) is 41.0 Å². The first-order valence-electron chi connectivity index (χ1n) is 9.86. The third-order valence-electron chi connectivity index (χ3n) is 4.87. The molecule has 0 heterocycles. The summed E-state index contributed by atoms with van der Waals surface area (Å²) in [6.45, 7) is 10.7. The van der Waals surface area contributed by atoms with Crippen LogP contribution in [0.25, 0.3) is 0 Å². The van der Waals surface area contributed by atoms with Crippen molar-refractivity contribution >= 4 is 11.6 Å². The van der Waals surface area contributed by atoms with Gasteiger partial charge in [0.1, 0.15) is 5.75 Å². The van der Waals surface area contributed by atoms with Gasteiger partial charge in [-0.3, -0.25) is 4.79 Å². The van der Waals surface area contributed by atoms with Crippen molar-refractivity contribution in [2.75, 3.05) is 5.32 Å². The number of phenols is 1. The van der Waals surface area contributed by atoms with Gasteiger partial charge in [0.05, 0.1) is 0 Å². The maximum atomic E-state index is 12.1. The highest BCUT2D eigenvalue weighted by molar-refractivity contribution is 6.00. The Hall–Kier alpha value is -3.07. The average molecular weight is 390 g/mol. The molecule has 3 heteroatoms. The van der Waals surface area contributed by atoms with Gasteiger partial charge in [0.15, 0.2) is 0 Å². The molecule has 2 N–H and O–H groups in total. The summed E-state index contributed by atoms with van der Waals surface area (Å²) in [6.07, 6.45) is 17.3. The van der Waals surface area contributed by atoms with Gasteiger partial charge >= 0.3 is 0 Å². The second-order valence-corrected chi connectivity index (χ2v) is 8.11. The van der Waals surface area contributed by atoms with E-state index >= 15 is 0 Å². The highest BCUT2D eigenvalue weighted by Gasteiger charge is 2.23. The van der Waals surface area contributed by atoms with E-state index in [0.29, 0.717) is 5.69 Å². The van der Waals surface area contributed by atoms with Crippen molar-refractivity contribution in [3.63, 3.8) is 0 Å². The fourth-order valence-electron chi connectivity index (χ4n) is 3.22. The van der Waals surface area contributed by atoms with Crippen molar-refractivity contribution < 1.29 is 9.90 Å². The second kappa shape index (κ2) is 9.92. The number of hydrogen-bond donors (Lipinski definition) is 2. The standard InChI is InChI=1S/C26H31NO2/c1-19(11-16-24-21(3)10-7-17-26(24,4)5)8-6-9-20(2)18-25(29)27-22-12-14-23(28)15-13-22/h6-16,18,28H,17H2,1-5H3,(H,27,29)/b9-6+,16-11+,19-8+,20-18+. The Labute approximate surface area is 174 Å². The van der Waals surface area contributed by atoms with Crippen LogP contribution in [-0.2, 0) is 4.79 Å². The van der Waals surface area contributed by atoms with Gasteiger partial charge in [-0.2, -0.15) is 0 Å². The predicted octanol–water partition coefficient (Wildman–Crippen LogP) is 6.64. The monoisotopic (exact) mass is 389 g/mol. The third-order valence-corrected chi connectivity index (χ3v) is 4.87. The minimum Gasteiger partial charge on any atom is -0.508 e. The Morgan fingerprint density at radius 1 is 1.10 bits per heavy atom. The molecule has 0 fully saturated rings. The molecule has 1 aromatic rings. The van der Waals surface area contributed by atoms with Crippen molar-refractivity contribution in [3.8, 4) is 5.75 Å². The van der Waals surface area contributed by atoms with Crippen LogP contribution in [0.2, 0.25) is 0 Å². The van der Waals surface area contributed by atoms with Crippen LogP contribution in [0.4, 0.5) is 5.69 Å². The maximum Gasteiger partial charge on any atom is 0.248 e. The summed E-state index contributed by atoms with van der Waals surface area (Å²) in [5, 5.41) is 12.0. The first-order chi connectivity index (χ1) is 13.7. The quantitative estimate of drug-likeness (QED) is 0.325. The summed E-state index contributed by atoms with van der Waals surface area (Å²) in [4.78, 5) is 12.1. The molecule has 1 amide bonds. The van der Waals surface area contributed by atoms with E-state index in [-0.39, 0.29) is 17.1 Å². The van der Waals surface area contributed by atoms with Crippen LogP contribution in [0.5, 0.6) is 5.75 Å². The van der Waals surface area contributed by atoms with E-state index in [2.05, 4.69) is 57.3 Å². The van der Waals surface area contributed by atoms with Crippen LogP contribution >= 0.6 is 0 Å². The van der Waals surface area contributed by atoms with Gasteiger partial charge in [0.2, 0.25) is 5.91 Å². The Kier molecular flexibility index (Phi) is 7.60. The van der Waals surface area contributed by atoms with Gasteiger partial charge in [-0.05, 0) is 73.6 Å². The van der Waals surface area contributed by atoms with E-state index in [9.17, 15) is 9.90 Å². The minimum atomic E-state index is -0.201. The van der Waals surface area contributed by atoms with E-state index in [1.165, 1.54) is 23.3 Å². The lowest BCUT2D eigenvalue weighted by atomic mass is 9.75. The second-order valence-electron chi connectivity index (χ2n) is 8.11. The largest absolute Gasteiger partial charge is 0.508 e. The number of hydrogen-bond acceptors (Lipinski definition) is 2. The van der Waals surface area contributed by atoms with Crippen molar-refractivity contribution in [1.82, 2.24) is 0 Å². The molecular weight excluding hydrogens is 358 g/mol. The molecule has 0 aromatic heterocycles. The number of benzene rings is 1. The normalized spacial score (nSPS) is 17.4. The molecule has 29 heavy (non-hydrogen) atoms. The number of rotatable bonds is 6. The van der Waals surface area contributed by atoms with Crippen molar-refractivity contribution in [3.05, 3.63) is 95.2 Å². The van der Waals surface area contributed by atoms with Crippen LogP contribution < -0.4 is 5.32 Å². The lowest BCUT2D eigenvalue weighted by Crippen LogP contribution is -2.16. The Balaban J connectivity index is 1.96. The van der Waals surface area contributed by atoms with E-state index < -0.39 is 0 Å². The van der Waals surface area contributed by atoms with Crippen molar-refractivity contribution in [2.24, 2.45) is 5.41 Å². The number of nitrogens with one attached hydrogen (secondary N) is 1. The molecule has 0 unspecified atom stereocenters. The highest BCUT2D eigenvalue weighted by atomic mass is 16.3. The molecule has 0 saturated heterocycles. The van der Waals surface area contributed by atoms with Crippen LogP contribution in [0, 0.1) is 5.41 Å². The van der Waals surface area contributed by atoms with E-state index in [1.807, 2.05) is 25.2 Å². The summed E-state index contributed by atoms with van der Waals surface area (Å²) < 4.78 is 0. The van der Waals surface area contributed by atoms with Gasteiger partial charge in [0.25, 0.3) is 0 Å². The zero-order valence-corrected chi connectivity index (χ0v) is 18.0. The Morgan fingerprint density at radius 2 is 1.79 bits per heavy atom. The molecule has 0 saturated carbocycles. The number of phenolic OH excluding ortho intramolecular Hbond substituents is 1. The molecule has 3 nitrogen and oxygen atoms in total. The summed E-state index contributed by atoms with van der Waals surface area (Å²) in [7, 11) is 0. The zero-order chi connectivity index (χ0) is 21.4. The van der Waals surface area contributed by atoms with Gasteiger partial charge in [0, 0.05) is 11.8 Å². The Bertz CT molecular complexity index is 920. The van der Waals surface area contributed by atoms with Crippen LogP contribution in [0.15, 0.2) is 95.2 Å². The molecule has 2 rings (SSSR count). The molecule has 0 atom stereocenters. The number of allylic oxidation sites excluding steroid dienone is 11. The summed E-state index contributed by atoms with van der Waals surface area (Å²) in [5.74, 6) is -0.0303. The maximum absolute atomic E-state index is 12.1. The lowest BCUT2D eigenvalue weighted by Gasteiger charge is -2.29. The zero-order valence-electron chi connectivity index (χ0n) is 18.0. The molecule has 0 bridgehead atoms. The lowest BCUT2D eigenvalue weighted by molar-refractivity contribution is -0.111. The highest BCUT2D eigenvalue weighted by Crippen LogP contribution is 2.37. The van der Waals surface area contributed by atoms with Gasteiger partial charge in [-0.1, -0.05) is 62.0 Å². The fraction of sp³-hybridized carbons (Fsp3) is 0.269. The summed E-state index contributed by atoms with van der Waals surface area (Å²) >= 11 is 0. The first kappa shape index (κ1) is 22.2. The fourth-order valence-corrected chi connectivity index (χ4v) is 3.22. The molecule has 1 aromatic carbocycles. The van der Waals surface area contributed by atoms with Crippen LogP contribution in [-0.4, -0.2) is 11.0 Å². The predicted molar refractivity (Wildman–Crippen MR) is 123 cm³/mol. The van der Waals surface area contributed by atoms with Crippen molar-refractivity contribution in [2.45, 2.75) is 41.0 Å². The minimum absolute atomic E-state index is 0.162. The van der Waals surface area contributed by atoms with Gasteiger partial charge in [-0.25, -0.2) is 0 Å². The molecule has 0 radical (unpaired) electrons. The van der Waals surface area contributed by atoms with Crippen LogP contribution in [0.3, 0.4) is 0 Å². The van der Waals surface area contributed by atoms with Crippen molar-refractivity contribution in [1.29, 1.82) is 0 Å². The topological polar surface area (TPSA) is 49.3 Å². The third kappa shape index (κ3) is 7.11. The van der Waals surface area contributed by atoms with E-state index in [1.54, 1.807) is 18.2 Å². The number of aromatic hydroxyl groups is 1. The molecule has 1 aliphatic carbocycles. The van der Waals surface area contributed by atoms with E-state index in [0.717, 1.165) is 17.6 Å². The Morgan fingerprint density at radius 3 is 2.45 bits per heavy atom. The molecule has 1 aliphatic rings. The van der Waals surface area contributed by atoms with Gasteiger partial charge in [-0.15, -0.1) is 0 Å². The summed E-state index contributed by atoms with van der Waals surface area (Å²) in [5.41, 5.74) is 5.50. The van der Waals surface area contributed by atoms with Gasteiger partial charge < -0.3 is 10.4 Å². The number of anilines is 1. The molecular formula is C26H31NO2. The van der Waals surface area contributed by atoms with E-state index in [4.69, 9.17) is 0 Å². The molecule has 152 valence electrons. The molecule has 0 aliphatic heterocycles.